The number of nitrogens with zero attached hydrogens (tertiary/aromatic N) is 2. The number of hydrogen-bond acceptors (Lipinski definition) is 2. The monoisotopic (exact) mass is 466 g/mol. The second-order valence-corrected chi connectivity index (χ2v) is 10.0. The van der Waals surface area contributed by atoms with Gasteiger partial charge in [-0.25, -0.2) is 8.78 Å². The Balaban J connectivity index is 0.00000103. The highest BCUT2D eigenvalue weighted by atomic mass is 19.1. The van der Waals surface area contributed by atoms with Crippen LogP contribution in [0.4, 0.5) is 8.78 Å². The van der Waals surface area contributed by atoms with E-state index >= 15 is 8.78 Å². The van der Waals surface area contributed by atoms with Crippen LogP contribution in [0, 0.1) is 11.3 Å². The molecule has 2 nitrogen and oxygen atoms in total. The van der Waals surface area contributed by atoms with Gasteiger partial charge in [0.2, 0.25) is 0 Å². The molecule has 184 valence electrons. The second-order valence-electron chi connectivity index (χ2n) is 10.0. The van der Waals surface area contributed by atoms with E-state index in [1.54, 1.807) is 6.07 Å². The van der Waals surface area contributed by atoms with Crippen LogP contribution in [0.5, 0.6) is 0 Å². The van der Waals surface area contributed by atoms with Gasteiger partial charge in [0.25, 0.3) is 0 Å². The summed E-state index contributed by atoms with van der Waals surface area (Å²) in [5.41, 5.74) is 1.38. The lowest BCUT2D eigenvalue weighted by Gasteiger charge is -2.30. The van der Waals surface area contributed by atoms with Crippen molar-refractivity contribution in [2.75, 3.05) is 20.1 Å². The van der Waals surface area contributed by atoms with E-state index in [9.17, 15) is 0 Å². The van der Waals surface area contributed by atoms with Crippen LogP contribution in [0.3, 0.4) is 0 Å². The Kier molecular flexibility index (Phi) is 9.65. The molecule has 4 heteroatoms. The zero-order valence-corrected chi connectivity index (χ0v) is 21.0. The number of benzene rings is 2. The summed E-state index contributed by atoms with van der Waals surface area (Å²) in [4.78, 5) is 2.34. The molecular formula is C30H40F2N2. The van der Waals surface area contributed by atoms with Crippen molar-refractivity contribution < 1.29 is 8.78 Å². The van der Waals surface area contributed by atoms with E-state index < -0.39 is 11.3 Å². The fraction of sp³-hybridized carbons (Fsp3) is 0.567. The molecule has 0 amide bonds. The zero-order chi connectivity index (χ0) is 24.4. The minimum atomic E-state index is -1.26. The number of hydrogen-bond donors (Lipinski definition) is 0. The van der Waals surface area contributed by atoms with Crippen molar-refractivity contribution >= 4 is 0 Å². The minimum absolute atomic E-state index is 0.583. The van der Waals surface area contributed by atoms with Crippen LogP contribution in [0.15, 0.2) is 48.5 Å². The Hall–Kier alpha value is -2.25. The van der Waals surface area contributed by atoms with Crippen molar-refractivity contribution in [3.8, 4) is 6.07 Å². The van der Waals surface area contributed by atoms with E-state index in [-0.39, 0.29) is 0 Å². The first-order valence-electron chi connectivity index (χ1n) is 13.0. The van der Waals surface area contributed by atoms with E-state index in [2.05, 4.69) is 36.2 Å². The average molecular weight is 467 g/mol. The van der Waals surface area contributed by atoms with Crippen molar-refractivity contribution in [1.29, 1.82) is 5.26 Å². The standard InChI is InChI=1S/C28H37F2N.C2H3N/c1-31(22-16-23-11-3-2-4-12-23)21-10-13-24-25(27(29)17-5-6-18-27)14-9-15-26(24)28(30)19-7-8-20-28;1-2-3/h2-4,9,11-12,14-15H,5-8,10,13,16-22H2,1H3;1H3. The number of rotatable bonds is 9. The summed E-state index contributed by atoms with van der Waals surface area (Å²) in [5, 5.41) is 7.32. The third-order valence-corrected chi connectivity index (χ3v) is 7.53. The predicted octanol–water partition coefficient (Wildman–Crippen LogP) is 7.80. The Morgan fingerprint density at radius 2 is 1.29 bits per heavy atom. The quantitative estimate of drug-likeness (QED) is 0.377. The molecule has 2 aromatic carbocycles. The summed E-state index contributed by atoms with van der Waals surface area (Å²) in [7, 11) is 2.15. The molecule has 2 aliphatic carbocycles. The van der Waals surface area contributed by atoms with Gasteiger partial charge in [-0.05, 0) is 106 Å². The molecule has 0 atom stereocenters. The average Bonchev–Trinajstić information content (AvgIpc) is 3.49. The molecule has 0 radical (unpaired) electrons. The lowest BCUT2D eigenvalue weighted by molar-refractivity contribution is 0.162. The number of halogens is 2. The van der Waals surface area contributed by atoms with E-state index in [0.29, 0.717) is 25.7 Å². The summed E-state index contributed by atoms with van der Waals surface area (Å²) in [5.74, 6) is 0. The minimum Gasteiger partial charge on any atom is -0.306 e. The smallest absolute Gasteiger partial charge is 0.136 e. The Morgan fingerprint density at radius 3 is 1.79 bits per heavy atom. The van der Waals surface area contributed by atoms with Gasteiger partial charge in [-0.15, -0.1) is 0 Å². The molecule has 0 heterocycles. The van der Waals surface area contributed by atoms with E-state index in [1.165, 1.54) is 12.5 Å². The van der Waals surface area contributed by atoms with Crippen LogP contribution in [-0.4, -0.2) is 25.0 Å². The fourth-order valence-electron chi connectivity index (χ4n) is 5.71. The molecule has 34 heavy (non-hydrogen) atoms. The van der Waals surface area contributed by atoms with Gasteiger partial charge in [-0.3, -0.25) is 0 Å². The molecule has 4 rings (SSSR count). The Labute approximate surface area is 205 Å². The molecule has 0 aromatic heterocycles. The molecule has 0 aliphatic heterocycles. The van der Waals surface area contributed by atoms with Gasteiger partial charge in [0.05, 0.1) is 6.07 Å². The molecular weight excluding hydrogens is 426 g/mol. The lowest BCUT2D eigenvalue weighted by Crippen LogP contribution is -2.26. The van der Waals surface area contributed by atoms with E-state index in [0.717, 1.165) is 74.7 Å². The van der Waals surface area contributed by atoms with E-state index in [4.69, 9.17) is 5.26 Å². The SMILES string of the molecule is CC#N.CN(CCCc1c(C2(F)CCCC2)cccc1C1(F)CCCC1)CCc1ccccc1. The van der Waals surface area contributed by atoms with Gasteiger partial charge in [-0.1, -0.05) is 48.5 Å². The van der Waals surface area contributed by atoms with Crippen molar-refractivity contribution in [3.05, 3.63) is 70.8 Å². The Morgan fingerprint density at radius 1 is 0.794 bits per heavy atom. The Bertz CT molecular complexity index is 882. The molecule has 0 bridgehead atoms. The van der Waals surface area contributed by atoms with E-state index in [1.807, 2.05) is 24.3 Å². The largest absolute Gasteiger partial charge is 0.306 e. The number of nitriles is 1. The summed E-state index contributed by atoms with van der Waals surface area (Å²) in [6.07, 6.45) is 8.79. The highest BCUT2D eigenvalue weighted by Gasteiger charge is 2.42. The first-order valence-corrected chi connectivity index (χ1v) is 13.0. The van der Waals surface area contributed by atoms with Crippen LogP contribution in [0.1, 0.15) is 87.0 Å². The number of likely N-dealkylation sites (N-methyl/N-ethyl adjacent to an activating group) is 1. The van der Waals surface area contributed by atoms with Crippen LogP contribution >= 0.6 is 0 Å². The van der Waals surface area contributed by atoms with Crippen molar-refractivity contribution in [2.45, 2.75) is 88.9 Å². The predicted molar refractivity (Wildman–Crippen MR) is 136 cm³/mol. The molecule has 2 saturated carbocycles. The van der Waals surface area contributed by atoms with Gasteiger partial charge in [0.1, 0.15) is 11.3 Å². The van der Waals surface area contributed by atoms with Crippen LogP contribution < -0.4 is 0 Å². The molecule has 0 saturated heterocycles. The number of alkyl halides is 2. The molecule has 0 N–H and O–H groups in total. The first kappa shape index (κ1) is 26.4. The summed E-state index contributed by atoms with van der Waals surface area (Å²) < 4.78 is 31.7. The second kappa shape index (κ2) is 12.5. The van der Waals surface area contributed by atoms with Gasteiger partial charge in [0.15, 0.2) is 0 Å². The lowest BCUT2D eigenvalue weighted by atomic mass is 9.80. The molecule has 2 fully saturated rings. The maximum Gasteiger partial charge on any atom is 0.136 e. The maximum atomic E-state index is 15.9. The van der Waals surface area contributed by atoms with Gasteiger partial charge in [0, 0.05) is 13.5 Å². The van der Waals surface area contributed by atoms with Gasteiger partial charge >= 0.3 is 0 Å². The topological polar surface area (TPSA) is 27.0 Å². The molecule has 0 spiro atoms. The summed E-state index contributed by atoms with van der Waals surface area (Å²) in [6, 6.07) is 18.1. The highest BCUT2D eigenvalue weighted by Crippen LogP contribution is 2.49. The fourth-order valence-corrected chi connectivity index (χ4v) is 5.71. The first-order chi connectivity index (χ1) is 16.4. The van der Waals surface area contributed by atoms with Crippen molar-refractivity contribution in [2.24, 2.45) is 0 Å². The zero-order valence-electron chi connectivity index (χ0n) is 21.0. The third kappa shape index (κ3) is 6.66. The van der Waals surface area contributed by atoms with Crippen molar-refractivity contribution in [1.82, 2.24) is 4.90 Å². The third-order valence-electron chi connectivity index (χ3n) is 7.53. The molecule has 2 aromatic rings. The van der Waals surface area contributed by atoms with Gasteiger partial charge in [-0.2, -0.15) is 5.26 Å². The van der Waals surface area contributed by atoms with Crippen LogP contribution in [0.25, 0.3) is 0 Å². The van der Waals surface area contributed by atoms with Crippen LogP contribution in [0.2, 0.25) is 0 Å². The maximum absolute atomic E-state index is 15.9. The van der Waals surface area contributed by atoms with Gasteiger partial charge < -0.3 is 4.90 Å². The normalized spacial score (nSPS) is 18.4. The van der Waals surface area contributed by atoms with Crippen molar-refractivity contribution in [3.63, 3.8) is 0 Å². The molecule has 0 unspecified atom stereocenters. The summed E-state index contributed by atoms with van der Waals surface area (Å²) >= 11 is 0. The summed E-state index contributed by atoms with van der Waals surface area (Å²) in [6.45, 7) is 3.37. The van der Waals surface area contributed by atoms with Crippen LogP contribution in [-0.2, 0) is 24.2 Å². The highest BCUT2D eigenvalue weighted by molar-refractivity contribution is 5.43. The molecule has 2 aliphatic rings.